The summed E-state index contributed by atoms with van der Waals surface area (Å²) in [6.07, 6.45) is 1.55. The fourth-order valence-corrected chi connectivity index (χ4v) is 2.52. The fourth-order valence-electron chi connectivity index (χ4n) is 2.52. The fraction of sp³-hybridized carbons (Fsp3) is 0.579. The van der Waals surface area contributed by atoms with Crippen molar-refractivity contribution in [3.8, 4) is 0 Å². The Bertz CT molecular complexity index is 572. The molecule has 1 aliphatic carbocycles. The van der Waals surface area contributed by atoms with Crippen molar-refractivity contribution < 1.29 is 9.59 Å². The molecular weight excluding hydrogens is 288 g/mol. The van der Waals surface area contributed by atoms with Gasteiger partial charge in [-0.05, 0) is 42.9 Å². The Morgan fingerprint density at radius 1 is 1.13 bits per heavy atom. The van der Waals surface area contributed by atoms with Crippen LogP contribution in [0.3, 0.4) is 0 Å². The lowest BCUT2D eigenvalue weighted by atomic mass is 9.87. The molecule has 0 aromatic heterocycles. The highest BCUT2D eigenvalue weighted by Gasteiger charge is 2.48. The predicted octanol–water partition coefficient (Wildman–Crippen LogP) is 3.47. The average molecular weight is 316 g/mol. The van der Waals surface area contributed by atoms with Crippen LogP contribution in [0.1, 0.15) is 53.0 Å². The maximum Gasteiger partial charge on any atom is 0.228 e. The van der Waals surface area contributed by atoms with Gasteiger partial charge >= 0.3 is 0 Å². The highest BCUT2D eigenvalue weighted by atomic mass is 16.2. The van der Waals surface area contributed by atoms with Crippen LogP contribution in [0.15, 0.2) is 24.3 Å². The van der Waals surface area contributed by atoms with E-state index in [0.717, 1.165) is 12.1 Å². The number of anilines is 1. The van der Waals surface area contributed by atoms with Gasteiger partial charge in [-0.15, -0.1) is 0 Å². The van der Waals surface area contributed by atoms with Gasteiger partial charge in [0.2, 0.25) is 11.8 Å². The van der Waals surface area contributed by atoms with Gasteiger partial charge in [0.1, 0.15) is 0 Å². The Hall–Kier alpha value is -1.84. The summed E-state index contributed by atoms with van der Waals surface area (Å²) in [6.45, 7) is 10.5. The van der Waals surface area contributed by atoms with Gasteiger partial charge in [-0.25, -0.2) is 0 Å². The molecule has 2 amide bonds. The third-order valence-corrected chi connectivity index (χ3v) is 4.48. The summed E-state index contributed by atoms with van der Waals surface area (Å²) in [5, 5.41) is 5.86. The van der Waals surface area contributed by atoms with E-state index < -0.39 is 0 Å². The number of hydrogen-bond donors (Lipinski definition) is 2. The minimum atomic E-state index is -0.193. The summed E-state index contributed by atoms with van der Waals surface area (Å²) in [6, 6.07) is 8.09. The zero-order valence-corrected chi connectivity index (χ0v) is 14.8. The Kier molecular flexibility index (Phi) is 5.12. The summed E-state index contributed by atoms with van der Waals surface area (Å²) in [4.78, 5) is 24.2. The second kappa shape index (κ2) is 6.73. The quantitative estimate of drug-likeness (QED) is 0.874. The highest BCUT2D eigenvalue weighted by molar-refractivity contribution is 5.99. The number of amides is 2. The molecule has 23 heavy (non-hydrogen) atoms. The zero-order valence-electron chi connectivity index (χ0n) is 14.8. The van der Waals surface area contributed by atoms with Gasteiger partial charge in [0.15, 0.2) is 0 Å². The smallest absolute Gasteiger partial charge is 0.228 e. The minimum absolute atomic E-state index is 0.00239. The molecule has 4 heteroatoms. The van der Waals surface area contributed by atoms with Gasteiger partial charge in [0.05, 0.1) is 11.8 Å². The molecular formula is C19H28N2O2. The molecule has 3 unspecified atom stereocenters. The molecule has 1 fully saturated rings. The Morgan fingerprint density at radius 2 is 1.70 bits per heavy atom. The molecule has 0 spiro atoms. The SMILES string of the molecule is CCC(C)NC(=O)C1CC1C(=O)Nc1ccc(C(C)(C)C)cc1. The van der Waals surface area contributed by atoms with Crippen LogP contribution in [0.5, 0.6) is 0 Å². The third-order valence-electron chi connectivity index (χ3n) is 4.48. The van der Waals surface area contributed by atoms with Crippen molar-refractivity contribution in [1.29, 1.82) is 0 Å². The van der Waals surface area contributed by atoms with Gasteiger partial charge in [-0.2, -0.15) is 0 Å². The number of benzene rings is 1. The average Bonchev–Trinajstić information content (AvgIpc) is 3.27. The summed E-state index contributed by atoms with van der Waals surface area (Å²) < 4.78 is 0. The van der Waals surface area contributed by atoms with Gasteiger partial charge in [-0.1, -0.05) is 39.8 Å². The molecule has 4 nitrogen and oxygen atoms in total. The number of carbonyl (C=O) groups excluding carboxylic acids is 2. The van der Waals surface area contributed by atoms with Crippen molar-refractivity contribution in [3.63, 3.8) is 0 Å². The van der Waals surface area contributed by atoms with Crippen molar-refractivity contribution >= 4 is 17.5 Å². The van der Waals surface area contributed by atoms with E-state index in [9.17, 15) is 9.59 Å². The lowest BCUT2D eigenvalue weighted by Crippen LogP contribution is -2.34. The number of hydrogen-bond acceptors (Lipinski definition) is 2. The van der Waals surface area contributed by atoms with Crippen molar-refractivity contribution in [2.45, 2.75) is 58.9 Å². The predicted molar refractivity (Wildman–Crippen MR) is 93.3 cm³/mol. The molecule has 1 aliphatic rings. The first-order chi connectivity index (χ1) is 10.7. The van der Waals surface area contributed by atoms with E-state index in [4.69, 9.17) is 0 Å². The minimum Gasteiger partial charge on any atom is -0.353 e. The van der Waals surface area contributed by atoms with E-state index >= 15 is 0 Å². The first kappa shape index (κ1) is 17.5. The monoisotopic (exact) mass is 316 g/mol. The Balaban J connectivity index is 1.88. The van der Waals surface area contributed by atoms with E-state index in [2.05, 4.69) is 31.4 Å². The van der Waals surface area contributed by atoms with E-state index in [0.29, 0.717) is 6.42 Å². The molecule has 0 aliphatic heterocycles. The number of nitrogens with one attached hydrogen (secondary N) is 2. The second-order valence-electron chi connectivity index (χ2n) is 7.58. The van der Waals surface area contributed by atoms with E-state index in [1.807, 2.05) is 38.1 Å². The Morgan fingerprint density at radius 3 is 2.22 bits per heavy atom. The van der Waals surface area contributed by atoms with E-state index in [1.54, 1.807) is 0 Å². The van der Waals surface area contributed by atoms with Crippen molar-refractivity contribution in [2.24, 2.45) is 11.8 Å². The van der Waals surface area contributed by atoms with Crippen LogP contribution in [-0.2, 0) is 15.0 Å². The first-order valence-electron chi connectivity index (χ1n) is 8.44. The van der Waals surface area contributed by atoms with E-state index in [1.165, 1.54) is 5.56 Å². The van der Waals surface area contributed by atoms with Crippen LogP contribution >= 0.6 is 0 Å². The van der Waals surface area contributed by atoms with Crippen LogP contribution in [0.25, 0.3) is 0 Å². The lowest BCUT2D eigenvalue weighted by molar-refractivity contribution is -0.125. The molecule has 2 rings (SSSR count). The van der Waals surface area contributed by atoms with Gasteiger partial charge in [0, 0.05) is 11.7 Å². The van der Waals surface area contributed by atoms with Crippen LogP contribution in [0, 0.1) is 11.8 Å². The standard InChI is InChI=1S/C19H28N2O2/c1-6-12(2)20-17(22)15-11-16(15)18(23)21-14-9-7-13(8-10-14)19(3,4)5/h7-10,12,15-16H,6,11H2,1-5H3,(H,20,22)(H,21,23). The van der Waals surface area contributed by atoms with Crippen molar-refractivity contribution in [1.82, 2.24) is 5.32 Å². The normalized spacial score (nSPS) is 21.4. The largest absolute Gasteiger partial charge is 0.353 e. The van der Waals surface area contributed by atoms with Crippen LogP contribution in [0.2, 0.25) is 0 Å². The van der Waals surface area contributed by atoms with Crippen LogP contribution in [0.4, 0.5) is 5.69 Å². The first-order valence-corrected chi connectivity index (χ1v) is 8.44. The number of rotatable bonds is 5. The van der Waals surface area contributed by atoms with Crippen molar-refractivity contribution in [2.75, 3.05) is 5.32 Å². The van der Waals surface area contributed by atoms with Crippen LogP contribution < -0.4 is 10.6 Å². The number of carbonyl (C=O) groups is 2. The molecule has 0 heterocycles. The summed E-state index contributed by atoms with van der Waals surface area (Å²) in [7, 11) is 0. The Labute approximate surface area is 139 Å². The molecule has 0 bridgehead atoms. The van der Waals surface area contributed by atoms with Gasteiger partial charge < -0.3 is 10.6 Å². The zero-order chi connectivity index (χ0) is 17.2. The molecule has 1 saturated carbocycles. The van der Waals surface area contributed by atoms with E-state index in [-0.39, 0.29) is 35.1 Å². The molecule has 3 atom stereocenters. The molecule has 0 radical (unpaired) electrons. The van der Waals surface area contributed by atoms with Gasteiger partial charge in [0.25, 0.3) is 0 Å². The molecule has 126 valence electrons. The summed E-state index contributed by atoms with van der Waals surface area (Å²) >= 11 is 0. The summed E-state index contributed by atoms with van der Waals surface area (Å²) in [5.74, 6) is -0.417. The second-order valence-corrected chi connectivity index (χ2v) is 7.58. The van der Waals surface area contributed by atoms with Crippen molar-refractivity contribution in [3.05, 3.63) is 29.8 Å². The molecule has 1 aromatic rings. The van der Waals surface area contributed by atoms with Crippen LogP contribution in [-0.4, -0.2) is 17.9 Å². The maximum absolute atomic E-state index is 12.2. The maximum atomic E-state index is 12.2. The third kappa shape index (κ3) is 4.57. The highest BCUT2D eigenvalue weighted by Crippen LogP contribution is 2.39. The van der Waals surface area contributed by atoms with Gasteiger partial charge in [-0.3, -0.25) is 9.59 Å². The molecule has 2 N–H and O–H groups in total. The summed E-state index contributed by atoms with van der Waals surface area (Å²) in [5.41, 5.74) is 2.11. The topological polar surface area (TPSA) is 58.2 Å². The lowest BCUT2D eigenvalue weighted by Gasteiger charge is -2.19. The molecule has 1 aromatic carbocycles. The molecule has 0 saturated heterocycles.